The molecule has 1 aromatic carbocycles. The third-order valence-corrected chi connectivity index (χ3v) is 2.30. The lowest BCUT2D eigenvalue weighted by atomic mass is 10.1. The molecule has 0 amide bonds. The average molecular weight is 209 g/mol. The first-order valence-electron chi connectivity index (χ1n) is 4.12. The molecule has 0 aliphatic carbocycles. The number of nitro groups is 1. The number of nitrogens with zero attached hydrogens (tertiary/aromatic N) is 1. The number of hydrogen-bond donors (Lipinski definition) is 0. The Morgan fingerprint density at radius 3 is 2.57 bits per heavy atom. The topological polar surface area (TPSA) is 43.1 Å². The largest absolute Gasteiger partial charge is 0.259 e. The molecule has 1 aromatic rings. The van der Waals surface area contributed by atoms with E-state index in [0.717, 1.165) is 17.5 Å². The van der Waals surface area contributed by atoms with Crippen molar-refractivity contribution in [2.24, 2.45) is 0 Å². The minimum Gasteiger partial charge on any atom is -0.259 e. The fourth-order valence-electron chi connectivity index (χ4n) is 1.04. The van der Waals surface area contributed by atoms with Crippen LogP contribution in [0.15, 0.2) is 30.5 Å². The van der Waals surface area contributed by atoms with Crippen LogP contribution in [0.4, 0.5) is 0 Å². The summed E-state index contributed by atoms with van der Waals surface area (Å²) < 4.78 is 0. The van der Waals surface area contributed by atoms with Gasteiger partial charge in [-0.3, -0.25) is 10.1 Å². The quantitative estimate of drug-likeness (QED) is 0.565. The molecule has 0 aromatic heterocycles. The molecular weight excluding hydrogens is 198 g/mol. The number of hydrogen-bond acceptors (Lipinski definition) is 3. The third-order valence-electron chi connectivity index (χ3n) is 1.68. The highest BCUT2D eigenvalue weighted by Crippen LogP contribution is 2.11. The second-order valence-electron chi connectivity index (χ2n) is 2.78. The zero-order valence-corrected chi connectivity index (χ0v) is 8.66. The SMILES string of the molecule is CSCc1ccc(/C=C/[N+](=O)[O-])cc1. The standard InChI is InChI=1S/C10H11NO2S/c1-14-8-10-4-2-9(3-5-10)6-7-11(12)13/h2-7H,8H2,1H3/b7-6+. The van der Waals surface area contributed by atoms with Crippen LogP contribution in [-0.4, -0.2) is 11.2 Å². The summed E-state index contributed by atoms with van der Waals surface area (Å²) in [4.78, 5) is 9.59. The Morgan fingerprint density at radius 1 is 1.43 bits per heavy atom. The zero-order chi connectivity index (χ0) is 10.4. The van der Waals surface area contributed by atoms with E-state index >= 15 is 0 Å². The smallest absolute Gasteiger partial charge is 0.235 e. The zero-order valence-electron chi connectivity index (χ0n) is 7.84. The van der Waals surface area contributed by atoms with Gasteiger partial charge in [-0.05, 0) is 17.4 Å². The third kappa shape index (κ3) is 3.62. The summed E-state index contributed by atoms with van der Waals surface area (Å²) in [5.41, 5.74) is 2.09. The molecule has 0 saturated carbocycles. The van der Waals surface area contributed by atoms with E-state index < -0.39 is 4.92 Å². The Kier molecular flexibility index (Phi) is 4.19. The van der Waals surface area contributed by atoms with Crippen LogP contribution in [0.25, 0.3) is 6.08 Å². The van der Waals surface area contributed by atoms with E-state index in [1.807, 2.05) is 30.5 Å². The predicted octanol–water partition coefficient (Wildman–Crippen LogP) is 2.80. The Morgan fingerprint density at radius 2 is 2.07 bits per heavy atom. The van der Waals surface area contributed by atoms with Crippen molar-refractivity contribution in [3.8, 4) is 0 Å². The van der Waals surface area contributed by atoms with E-state index in [4.69, 9.17) is 0 Å². The van der Waals surface area contributed by atoms with E-state index in [2.05, 4.69) is 0 Å². The molecule has 0 aliphatic rings. The fourth-order valence-corrected chi connectivity index (χ4v) is 1.56. The van der Waals surface area contributed by atoms with Crippen LogP contribution in [0, 0.1) is 10.1 Å². The summed E-state index contributed by atoms with van der Waals surface area (Å²) in [6.45, 7) is 0. The molecule has 0 atom stereocenters. The molecular formula is C10H11NO2S. The van der Waals surface area contributed by atoms with Gasteiger partial charge in [-0.1, -0.05) is 24.3 Å². The van der Waals surface area contributed by atoms with Crippen molar-refractivity contribution in [1.82, 2.24) is 0 Å². The highest BCUT2D eigenvalue weighted by molar-refractivity contribution is 7.97. The van der Waals surface area contributed by atoms with Crippen LogP contribution >= 0.6 is 11.8 Å². The van der Waals surface area contributed by atoms with Crippen molar-refractivity contribution in [2.45, 2.75) is 5.75 Å². The maximum Gasteiger partial charge on any atom is 0.235 e. The van der Waals surface area contributed by atoms with E-state index in [9.17, 15) is 10.1 Å². The second kappa shape index (κ2) is 5.44. The van der Waals surface area contributed by atoms with E-state index in [1.54, 1.807) is 11.8 Å². The van der Waals surface area contributed by atoms with Gasteiger partial charge in [0.05, 0.1) is 4.92 Å². The van der Waals surface area contributed by atoms with Crippen molar-refractivity contribution >= 4 is 17.8 Å². The van der Waals surface area contributed by atoms with Gasteiger partial charge in [0.25, 0.3) is 0 Å². The maximum atomic E-state index is 10.1. The monoisotopic (exact) mass is 209 g/mol. The minimum atomic E-state index is -0.462. The summed E-state index contributed by atoms with van der Waals surface area (Å²) in [6.07, 6.45) is 4.48. The van der Waals surface area contributed by atoms with Crippen molar-refractivity contribution in [1.29, 1.82) is 0 Å². The molecule has 74 valence electrons. The summed E-state index contributed by atoms with van der Waals surface area (Å²) in [7, 11) is 0. The van der Waals surface area contributed by atoms with Crippen molar-refractivity contribution in [3.05, 3.63) is 51.7 Å². The van der Waals surface area contributed by atoms with Crippen molar-refractivity contribution in [2.75, 3.05) is 6.26 Å². The molecule has 4 heteroatoms. The van der Waals surface area contributed by atoms with Crippen LogP contribution in [0.3, 0.4) is 0 Å². The number of benzene rings is 1. The molecule has 3 nitrogen and oxygen atoms in total. The molecule has 1 rings (SSSR count). The van der Waals surface area contributed by atoms with E-state index in [-0.39, 0.29) is 0 Å². The summed E-state index contributed by atoms with van der Waals surface area (Å²) in [5, 5.41) is 10.1. The van der Waals surface area contributed by atoms with Gasteiger partial charge in [0, 0.05) is 11.8 Å². The Labute approximate surface area is 87.0 Å². The molecule has 14 heavy (non-hydrogen) atoms. The average Bonchev–Trinajstić information content (AvgIpc) is 2.17. The fraction of sp³-hybridized carbons (Fsp3) is 0.200. The van der Waals surface area contributed by atoms with Crippen LogP contribution in [0.2, 0.25) is 0 Å². The normalized spacial score (nSPS) is 10.6. The Balaban J connectivity index is 2.68. The van der Waals surface area contributed by atoms with Gasteiger partial charge >= 0.3 is 0 Å². The first-order chi connectivity index (χ1) is 6.72. The summed E-state index contributed by atoms with van der Waals surface area (Å²) in [6, 6.07) is 7.73. The van der Waals surface area contributed by atoms with Gasteiger partial charge in [0.2, 0.25) is 6.20 Å². The molecule has 0 bridgehead atoms. The lowest BCUT2D eigenvalue weighted by molar-refractivity contribution is -0.400. The van der Waals surface area contributed by atoms with Gasteiger partial charge < -0.3 is 0 Å². The summed E-state index contributed by atoms with van der Waals surface area (Å²) >= 11 is 1.75. The highest BCUT2D eigenvalue weighted by atomic mass is 32.2. The lowest BCUT2D eigenvalue weighted by Gasteiger charge is -1.97. The van der Waals surface area contributed by atoms with Crippen LogP contribution < -0.4 is 0 Å². The van der Waals surface area contributed by atoms with Gasteiger partial charge in [-0.2, -0.15) is 11.8 Å². The number of thioether (sulfide) groups is 1. The van der Waals surface area contributed by atoms with Gasteiger partial charge in [0.1, 0.15) is 0 Å². The second-order valence-corrected chi connectivity index (χ2v) is 3.64. The van der Waals surface area contributed by atoms with E-state index in [1.165, 1.54) is 11.6 Å². The van der Waals surface area contributed by atoms with Crippen LogP contribution in [0.5, 0.6) is 0 Å². The first-order valence-corrected chi connectivity index (χ1v) is 5.51. The molecule has 0 saturated heterocycles. The molecule has 0 fully saturated rings. The maximum absolute atomic E-state index is 10.1. The Hall–Kier alpha value is -1.29. The molecule has 0 N–H and O–H groups in total. The predicted molar refractivity (Wildman–Crippen MR) is 59.7 cm³/mol. The van der Waals surface area contributed by atoms with Crippen molar-refractivity contribution < 1.29 is 4.92 Å². The molecule has 0 unspecified atom stereocenters. The van der Waals surface area contributed by atoms with Gasteiger partial charge in [-0.25, -0.2) is 0 Å². The number of rotatable bonds is 4. The molecule has 0 aliphatic heterocycles. The van der Waals surface area contributed by atoms with Crippen LogP contribution in [-0.2, 0) is 5.75 Å². The lowest BCUT2D eigenvalue weighted by Crippen LogP contribution is -1.83. The van der Waals surface area contributed by atoms with Crippen molar-refractivity contribution in [3.63, 3.8) is 0 Å². The Bertz CT molecular complexity index is 332. The molecule has 0 radical (unpaired) electrons. The van der Waals surface area contributed by atoms with Gasteiger partial charge in [-0.15, -0.1) is 0 Å². The minimum absolute atomic E-state index is 0.462. The molecule has 0 spiro atoms. The van der Waals surface area contributed by atoms with Crippen LogP contribution in [0.1, 0.15) is 11.1 Å². The summed E-state index contributed by atoms with van der Waals surface area (Å²) in [5.74, 6) is 0.971. The van der Waals surface area contributed by atoms with E-state index in [0.29, 0.717) is 0 Å². The molecule has 0 heterocycles. The van der Waals surface area contributed by atoms with Gasteiger partial charge in [0.15, 0.2) is 0 Å². The highest BCUT2D eigenvalue weighted by Gasteiger charge is 1.92. The first kappa shape index (κ1) is 10.8.